The molecule has 1 spiro atoms. The van der Waals surface area contributed by atoms with Crippen molar-refractivity contribution in [1.82, 2.24) is 9.88 Å². The van der Waals surface area contributed by atoms with Gasteiger partial charge in [0.05, 0.1) is 21.6 Å². The van der Waals surface area contributed by atoms with Crippen LogP contribution in [0.3, 0.4) is 0 Å². The number of hydrogen-bond acceptors (Lipinski definition) is 4. The van der Waals surface area contributed by atoms with Crippen molar-refractivity contribution in [2.24, 2.45) is 5.41 Å². The van der Waals surface area contributed by atoms with Gasteiger partial charge in [-0.3, -0.25) is 4.79 Å². The Hall–Kier alpha value is -1.04. The molecule has 1 aromatic heterocycles. The zero-order valence-electron chi connectivity index (χ0n) is 14.8. The second-order valence-electron chi connectivity index (χ2n) is 7.94. The number of aliphatic hydroxyl groups excluding tert-OH is 1. The first-order valence-corrected chi connectivity index (χ1v) is 10.3. The summed E-state index contributed by atoms with van der Waals surface area (Å²) in [5, 5.41) is 10.8. The highest BCUT2D eigenvalue weighted by molar-refractivity contribution is 6.36. The molecule has 3 aliphatic rings. The van der Waals surface area contributed by atoms with E-state index in [-0.39, 0.29) is 11.5 Å². The topological polar surface area (TPSA) is 56.7 Å². The molecule has 0 atom stereocenters. The fourth-order valence-electron chi connectivity index (χ4n) is 4.82. The zero-order chi connectivity index (χ0) is 18.3. The third-order valence-electron chi connectivity index (χ3n) is 6.46. The lowest BCUT2D eigenvalue weighted by molar-refractivity contribution is -0.139. The number of carbonyl (C=O) groups excluding carboxylic acids is 1. The van der Waals surface area contributed by atoms with Crippen molar-refractivity contribution in [3.63, 3.8) is 0 Å². The Morgan fingerprint density at radius 2 is 1.73 bits per heavy atom. The van der Waals surface area contributed by atoms with E-state index in [4.69, 9.17) is 23.2 Å². The highest BCUT2D eigenvalue weighted by Gasteiger charge is 2.50. The van der Waals surface area contributed by atoms with Crippen molar-refractivity contribution in [3.05, 3.63) is 22.3 Å². The largest absolute Gasteiger partial charge is 0.393 e. The number of halogens is 2. The van der Waals surface area contributed by atoms with Crippen LogP contribution in [0.15, 0.2) is 12.3 Å². The smallest absolute Gasteiger partial charge is 0.229 e. The summed E-state index contributed by atoms with van der Waals surface area (Å²) in [5.74, 6) is 1.09. The molecule has 1 amide bonds. The summed E-state index contributed by atoms with van der Waals surface area (Å²) < 4.78 is 0. The Morgan fingerprint density at radius 1 is 1.08 bits per heavy atom. The van der Waals surface area contributed by atoms with Crippen molar-refractivity contribution >= 4 is 34.9 Å². The average molecular weight is 398 g/mol. The molecule has 142 valence electrons. The molecule has 1 aromatic rings. The van der Waals surface area contributed by atoms with Gasteiger partial charge in [0.15, 0.2) is 0 Å². The number of aliphatic hydroxyl groups is 1. The lowest BCUT2D eigenvalue weighted by Gasteiger charge is -2.40. The Kier molecular flexibility index (Phi) is 5.06. The summed E-state index contributed by atoms with van der Waals surface area (Å²) in [6, 6.07) is 2.03. The van der Waals surface area contributed by atoms with E-state index in [9.17, 15) is 9.90 Å². The number of rotatable bonds is 2. The van der Waals surface area contributed by atoms with Gasteiger partial charge in [-0.15, -0.1) is 0 Å². The maximum atomic E-state index is 13.2. The van der Waals surface area contributed by atoms with Crippen molar-refractivity contribution in [2.45, 2.75) is 57.1 Å². The number of hydrogen-bond donors (Lipinski definition) is 1. The lowest BCUT2D eigenvalue weighted by atomic mass is 9.77. The molecule has 1 N–H and O–H groups in total. The van der Waals surface area contributed by atoms with E-state index in [0.29, 0.717) is 22.0 Å². The molecule has 7 heteroatoms. The highest BCUT2D eigenvalue weighted by Crippen LogP contribution is 2.44. The van der Waals surface area contributed by atoms with Gasteiger partial charge < -0.3 is 14.9 Å². The molecular weight excluding hydrogens is 373 g/mol. The van der Waals surface area contributed by atoms with E-state index in [2.05, 4.69) is 14.8 Å². The molecule has 2 aliphatic heterocycles. The molecule has 0 bridgehead atoms. The molecular formula is C19H25Cl2N3O2. The Bertz CT molecular complexity index is 683. The third kappa shape index (κ3) is 3.30. The molecule has 0 aromatic carbocycles. The van der Waals surface area contributed by atoms with Crippen molar-refractivity contribution < 1.29 is 9.90 Å². The number of nitrogens with zero attached hydrogens (tertiary/aromatic N) is 3. The van der Waals surface area contributed by atoms with Gasteiger partial charge in [0, 0.05) is 31.9 Å². The fourth-order valence-corrected chi connectivity index (χ4v) is 5.32. The van der Waals surface area contributed by atoms with E-state index in [1.807, 2.05) is 0 Å². The summed E-state index contributed by atoms with van der Waals surface area (Å²) in [6.07, 6.45) is 7.56. The summed E-state index contributed by atoms with van der Waals surface area (Å²) in [5.41, 5.74) is -0.217. The van der Waals surface area contributed by atoms with Crippen LogP contribution in [-0.2, 0) is 4.79 Å². The van der Waals surface area contributed by atoms with E-state index in [1.54, 1.807) is 12.3 Å². The van der Waals surface area contributed by atoms with Crippen LogP contribution in [-0.4, -0.2) is 52.7 Å². The van der Waals surface area contributed by atoms with Crippen LogP contribution in [0.5, 0.6) is 0 Å². The minimum absolute atomic E-state index is 0.183. The Labute approximate surface area is 164 Å². The first kappa shape index (κ1) is 18.3. The van der Waals surface area contributed by atoms with Crippen LogP contribution in [0, 0.1) is 5.41 Å². The minimum atomic E-state index is -0.217. The molecule has 3 fully saturated rings. The van der Waals surface area contributed by atoms with Crippen LogP contribution in [0.25, 0.3) is 0 Å². The Morgan fingerprint density at radius 3 is 2.38 bits per heavy atom. The number of likely N-dealkylation sites (tertiary alicyclic amines) is 1. The maximum absolute atomic E-state index is 13.2. The standard InChI is InChI=1S/C19H25Cl2N3O2/c20-13-11-16(21)17(22-12-13)23-8-5-19(6-9-23)7-10-24(18(19)26)14-1-3-15(25)4-2-14/h11-12,14-15,25H,1-10H2/t14-,15+. The van der Waals surface area contributed by atoms with Gasteiger partial charge in [-0.2, -0.15) is 0 Å². The van der Waals surface area contributed by atoms with E-state index in [0.717, 1.165) is 70.4 Å². The molecule has 4 rings (SSSR count). The van der Waals surface area contributed by atoms with E-state index >= 15 is 0 Å². The van der Waals surface area contributed by atoms with Crippen molar-refractivity contribution in [3.8, 4) is 0 Å². The molecule has 2 saturated heterocycles. The summed E-state index contributed by atoms with van der Waals surface area (Å²) in [7, 11) is 0. The monoisotopic (exact) mass is 397 g/mol. The maximum Gasteiger partial charge on any atom is 0.229 e. The van der Waals surface area contributed by atoms with Crippen LogP contribution >= 0.6 is 23.2 Å². The van der Waals surface area contributed by atoms with Crippen LogP contribution < -0.4 is 4.90 Å². The normalized spacial score (nSPS) is 28.8. The molecule has 1 saturated carbocycles. The van der Waals surface area contributed by atoms with Gasteiger partial charge in [-0.05, 0) is 51.0 Å². The number of piperidine rings is 1. The quantitative estimate of drug-likeness (QED) is 0.829. The van der Waals surface area contributed by atoms with Gasteiger partial charge in [0.25, 0.3) is 0 Å². The van der Waals surface area contributed by atoms with E-state index in [1.165, 1.54) is 0 Å². The van der Waals surface area contributed by atoms with Crippen molar-refractivity contribution in [2.75, 3.05) is 24.5 Å². The third-order valence-corrected chi connectivity index (χ3v) is 6.95. The molecule has 5 nitrogen and oxygen atoms in total. The fraction of sp³-hybridized carbons (Fsp3) is 0.684. The molecule has 26 heavy (non-hydrogen) atoms. The van der Waals surface area contributed by atoms with Crippen molar-refractivity contribution in [1.29, 1.82) is 0 Å². The SMILES string of the molecule is O=C1N([C@H]2CC[C@@H](O)CC2)CCC12CCN(c1ncc(Cl)cc1Cl)CC2. The predicted octanol–water partition coefficient (Wildman–Crippen LogP) is 3.51. The second kappa shape index (κ2) is 7.17. The summed E-state index contributed by atoms with van der Waals surface area (Å²) >= 11 is 12.2. The number of carbonyl (C=O) groups is 1. The van der Waals surface area contributed by atoms with Crippen LogP contribution in [0.2, 0.25) is 10.0 Å². The first-order valence-electron chi connectivity index (χ1n) is 9.54. The minimum Gasteiger partial charge on any atom is -0.393 e. The highest BCUT2D eigenvalue weighted by atomic mass is 35.5. The summed E-state index contributed by atoms with van der Waals surface area (Å²) in [6.45, 7) is 2.44. The van der Waals surface area contributed by atoms with Gasteiger partial charge in [-0.25, -0.2) is 4.98 Å². The Balaban J connectivity index is 1.41. The zero-order valence-corrected chi connectivity index (χ0v) is 16.3. The first-order chi connectivity index (χ1) is 12.5. The molecule has 0 unspecified atom stereocenters. The number of aromatic nitrogens is 1. The van der Waals surface area contributed by atoms with Gasteiger partial charge in [0.2, 0.25) is 5.91 Å². The predicted molar refractivity (Wildman–Crippen MR) is 103 cm³/mol. The number of pyridine rings is 1. The van der Waals surface area contributed by atoms with Crippen LogP contribution in [0.4, 0.5) is 5.82 Å². The average Bonchev–Trinajstić information content (AvgIpc) is 2.94. The van der Waals surface area contributed by atoms with Gasteiger partial charge in [0.1, 0.15) is 5.82 Å². The lowest BCUT2D eigenvalue weighted by Crippen LogP contribution is -2.47. The molecule has 0 radical (unpaired) electrons. The number of anilines is 1. The number of amides is 1. The molecule has 1 aliphatic carbocycles. The molecule has 3 heterocycles. The van der Waals surface area contributed by atoms with Gasteiger partial charge >= 0.3 is 0 Å². The van der Waals surface area contributed by atoms with Gasteiger partial charge in [-0.1, -0.05) is 23.2 Å². The second-order valence-corrected chi connectivity index (χ2v) is 8.78. The summed E-state index contributed by atoms with van der Waals surface area (Å²) in [4.78, 5) is 21.8. The van der Waals surface area contributed by atoms with Crippen LogP contribution in [0.1, 0.15) is 44.9 Å². The van der Waals surface area contributed by atoms with E-state index < -0.39 is 0 Å².